The first-order valence-electron chi connectivity index (χ1n) is 8.83. The molecular formula is C20H27N3O4. The fraction of sp³-hybridized carbons (Fsp3) is 0.350. The molecule has 0 bridgehead atoms. The molecule has 7 nitrogen and oxygen atoms in total. The third-order valence-electron chi connectivity index (χ3n) is 3.73. The predicted molar refractivity (Wildman–Crippen MR) is 107 cm³/mol. The van der Waals surface area contributed by atoms with Crippen LogP contribution in [-0.4, -0.2) is 38.4 Å². The van der Waals surface area contributed by atoms with Gasteiger partial charge in [-0.15, -0.1) is 0 Å². The fourth-order valence-electron chi connectivity index (χ4n) is 2.47. The van der Waals surface area contributed by atoms with Crippen molar-refractivity contribution < 1.29 is 19.3 Å². The van der Waals surface area contributed by atoms with Gasteiger partial charge in [0.05, 0.1) is 27.4 Å². The van der Waals surface area contributed by atoms with E-state index in [9.17, 15) is 5.11 Å². The Bertz CT molecular complexity index is 778. The third kappa shape index (κ3) is 5.70. The van der Waals surface area contributed by atoms with Gasteiger partial charge in [0.15, 0.2) is 29.0 Å². The van der Waals surface area contributed by atoms with E-state index >= 15 is 0 Å². The molecule has 7 heteroatoms. The molecule has 0 aromatic heterocycles. The summed E-state index contributed by atoms with van der Waals surface area (Å²) in [5, 5.41) is 16.3. The number of anilines is 1. The maximum absolute atomic E-state index is 9.89. The number of nitrogens with zero attached hydrogens (tertiary/aromatic N) is 1. The molecule has 0 fully saturated rings. The van der Waals surface area contributed by atoms with Crippen LogP contribution in [0.25, 0.3) is 0 Å². The summed E-state index contributed by atoms with van der Waals surface area (Å²) in [6, 6.07) is 10.8. The van der Waals surface area contributed by atoms with Gasteiger partial charge in [0.25, 0.3) is 0 Å². The van der Waals surface area contributed by atoms with Crippen molar-refractivity contribution in [3.63, 3.8) is 0 Å². The largest absolute Gasteiger partial charge is 0.504 e. The van der Waals surface area contributed by atoms with Gasteiger partial charge in [-0.3, -0.25) is 0 Å². The molecule has 0 amide bonds. The number of ether oxygens (including phenoxy) is 3. The van der Waals surface area contributed by atoms with Crippen LogP contribution in [0.15, 0.2) is 41.4 Å². The van der Waals surface area contributed by atoms with Crippen molar-refractivity contribution in [2.45, 2.75) is 20.4 Å². The van der Waals surface area contributed by atoms with Gasteiger partial charge in [-0.1, -0.05) is 6.07 Å². The molecule has 146 valence electrons. The van der Waals surface area contributed by atoms with Gasteiger partial charge < -0.3 is 30.0 Å². The lowest BCUT2D eigenvalue weighted by molar-refractivity contribution is 0.311. The van der Waals surface area contributed by atoms with E-state index in [1.54, 1.807) is 19.2 Å². The quantitative estimate of drug-likeness (QED) is 0.486. The Kier molecular flexibility index (Phi) is 7.61. The average molecular weight is 373 g/mol. The Labute approximate surface area is 160 Å². The Morgan fingerprint density at radius 1 is 1.00 bits per heavy atom. The van der Waals surface area contributed by atoms with Gasteiger partial charge in [-0.2, -0.15) is 0 Å². The summed E-state index contributed by atoms with van der Waals surface area (Å²) >= 11 is 0. The second-order valence-corrected chi connectivity index (χ2v) is 5.63. The first-order valence-corrected chi connectivity index (χ1v) is 8.83. The molecule has 27 heavy (non-hydrogen) atoms. The first-order chi connectivity index (χ1) is 13.1. The molecule has 2 rings (SSSR count). The molecular weight excluding hydrogens is 346 g/mol. The van der Waals surface area contributed by atoms with Crippen molar-refractivity contribution in [2.75, 3.05) is 32.7 Å². The highest BCUT2D eigenvalue weighted by molar-refractivity contribution is 5.93. The molecule has 2 aromatic carbocycles. The van der Waals surface area contributed by atoms with E-state index in [1.807, 2.05) is 38.1 Å². The molecule has 0 unspecified atom stereocenters. The van der Waals surface area contributed by atoms with Gasteiger partial charge >= 0.3 is 0 Å². The topological polar surface area (TPSA) is 84.3 Å². The summed E-state index contributed by atoms with van der Waals surface area (Å²) in [4.78, 5) is 4.56. The number of benzene rings is 2. The normalized spacial score (nSPS) is 11.0. The zero-order valence-electron chi connectivity index (χ0n) is 16.2. The lowest BCUT2D eigenvalue weighted by Crippen LogP contribution is -2.30. The van der Waals surface area contributed by atoms with Gasteiger partial charge in [0.2, 0.25) is 0 Å². The molecule has 0 saturated carbocycles. The van der Waals surface area contributed by atoms with Crippen LogP contribution in [-0.2, 0) is 6.54 Å². The molecule has 0 aliphatic heterocycles. The number of phenols is 1. The molecule has 0 spiro atoms. The van der Waals surface area contributed by atoms with Crippen LogP contribution in [0.5, 0.6) is 23.0 Å². The van der Waals surface area contributed by atoms with E-state index in [1.165, 1.54) is 7.11 Å². The van der Waals surface area contributed by atoms with Crippen LogP contribution >= 0.6 is 0 Å². The zero-order valence-corrected chi connectivity index (χ0v) is 16.2. The van der Waals surface area contributed by atoms with Crippen molar-refractivity contribution >= 4 is 11.6 Å². The molecule has 0 radical (unpaired) electrons. The summed E-state index contributed by atoms with van der Waals surface area (Å²) in [5.74, 6) is 2.51. The smallest absolute Gasteiger partial charge is 0.196 e. The van der Waals surface area contributed by atoms with Gasteiger partial charge in [-0.05, 0) is 43.7 Å². The number of guanidine groups is 1. The molecule has 3 N–H and O–H groups in total. The van der Waals surface area contributed by atoms with Crippen LogP contribution in [0.4, 0.5) is 5.69 Å². The van der Waals surface area contributed by atoms with E-state index in [0.29, 0.717) is 42.9 Å². The predicted octanol–water partition coefficient (Wildman–Crippen LogP) is 3.39. The Balaban J connectivity index is 2.14. The lowest BCUT2D eigenvalue weighted by atomic mass is 10.2. The summed E-state index contributed by atoms with van der Waals surface area (Å²) < 4.78 is 16.0. The highest BCUT2D eigenvalue weighted by atomic mass is 16.5. The second-order valence-electron chi connectivity index (χ2n) is 5.63. The molecule has 0 aliphatic carbocycles. The van der Waals surface area contributed by atoms with Crippen LogP contribution in [0.2, 0.25) is 0 Å². The summed E-state index contributed by atoms with van der Waals surface area (Å²) in [6.45, 7) is 5.62. The number of phenolic OH excluding ortho intramolecular Hbond substituents is 1. The average Bonchev–Trinajstić information content (AvgIpc) is 2.67. The summed E-state index contributed by atoms with van der Waals surface area (Å²) in [5.41, 5.74) is 1.70. The number of rotatable bonds is 8. The molecule has 0 aliphatic rings. The van der Waals surface area contributed by atoms with Crippen LogP contribution in [0.3, 0.4) is 0 Å². The monoisotopic (exact) mass is 373 g/mol. The number of methoxy groups -OCH3 is 2. The minimum Gasteiger partial charge on any atom is -0.504 e. The minimum absolute atomic E-state index is 0.0967. The maximum atomic E-state index is 9.89. The standard InChI is InChI=1S/C20H27N3O4/c1-5-21-20(22-13-14-7-9-17(25-3)16(24)11-14)23-15-8-10-18(27-6-2)19(12-15)26-4/h7-12,24H,5-6,13H2,1-4H3,(H2,21,22,23). The van der Waals surface area contributed by atoms with Gasteiger partial charge in [-0.25, -0.2) is 4.99 Å². The van der Waals surface area contributed by atoms with E-state index in [-0.39, 0.29) is 5.75 Å². The third-order valence-corrected chi connectivity index (χ3v) is 3.73. The Hall–Kier alpha value is -3.09. The lowest BCUT2D eigenvalue weighted by Gasteiger charge is -2.14. The van der Waals surface area contributed by atoms with Crippen LogP contribution < -0.4 is 24.8 Å². The number of aliphatic imine (C=N–C) groups is 1. The number of hydrogen-bond donors (Lipinski definition) is 3. The fourth-order valence-corrected chi connectivity index (χ4v) is 2.47. The van der Waals surface area contributed by atoms with Crippen LogP contribution in [0, 0.1) is 0 Å². The summed E-state index contributed by atoms with van der Waals surface area (Å²) in [7, 11) is 3.13. The highest BCUT2D eigenvalue weighted by Crippen LogP contribution is 2.30. The first kappa shape index (κ1) is 20.2. The zero-order chi connectivity index (χ0) is 19.6. The van der Waals surface area contributed by atoms with E-state index in [2.05, 4.69) is 15.6 Å². The van der Waals surface area contributed by atoms with Crippen LogP contribution in [0.1, 0.15) is 19.4 Å². The van der Waals surface area contributed by atoms with E-state index in [4.69, 9.17) is 14.2 Å². The highest BCUT2D eigenvalue weighted by Gasteiger charge is 2.07. The summed E-state index contributed by atoms with van der Waals surface area (Å²) in [6.07, 6.45) is 0. The van der Waals surface area contributed by atoms with E-state index < -0.39 is 0 Å². The molecule has 0 atom stereocenters. The number of nitrogens with one attached hydrogen (secondary N) is 2. The van der Waals surface area contributed by atoms with Gasteiger partial charge in [0, 0.05) is 18.3 Å². The molecule has 2 aromatic rings. The van der Waals surface area contributed by atoms with Crippen molar-refractivity contribution in [1.82, 2.24) is 5.32 Å². The Morgan fingerprint density at radius 2 is 1.74 bits per heavy atom. The number of hydrogen-bond acceptors (Lipinski definition) is 5. The maximum Gasteiger partial charge on any atom is 0.196 e. The van der Waals surface area contributed by atoms with Crippen molar-refractivity contribution in [1.29, 1.82) is 0 Å². The van der Waals surface area contributed by atoms with Crippen molar-refractivity contribution in [3.8, 4) is 23.0 Å². The van der Waals surface area contributed by atoms with Crippen molar-refractivity contribution in [3.05, 3.63) is 42.0 Å². The SMILES string of the molecule is CCNC(=NCc1ccc(OC)c(O)c1)Nc1ccc(OCC)c(OC)c1. The minimum atomic E-state index is 0.0967. The van der Waals surface area contributed by atoms with E-state index in [0.717, 1.165) is 11.3 Å². The van der Waals surface area contributed by atoms with Gasteiger partial charge in [0.1, 0.15) is 0 Å². The number of aromatic hydroxyl groups is 1. The molecule has 0 saturated heterocycles. The van der Waals surface area contributed by atoms with Crippen molar-refractivity contribution in [2.24, 2.45) is 4.99 Å². The second kappa shape index (κ2) is 10.2. The molecule has 0 heterocycles. The Morgan fingerprint density at radius 3 is 2.37 bits per heavy atom.